The van der Waals surface area contributed by atoms with Crippen LogP contribution in [0.1, 0.15) is 58.8 Å². The summed E-state index contributed by atoms with van der Waals surface area (Å²) in [6.07, 6.45) is 16.8. The molecule has 1 aliphatic rings. The average molecular weight is 252 g/mol. The zero-order valence-electron chi connectivity index (χ0n) is 11.8. The molecule has 0 saturated carbocycles. The van der Waals surface area contributed by atoms with Crippen molar-refractivity contribution in [3.63, 3.8) is 0 Å². The molecule has 0 bridgehead atoms. The smallest absolute Gasteiger partial charge is 0.125 e. The highest BCUT2D eigenvalue weighted by Gasteiger charge is 2.20. The number of hydrogen-bond acceptors (Lipinski definition) is 3. The predicted molar refractivity (Wildman–Crippen MR) is 76.7 cm³/mol. The van der Waals surface area contributed by atoms with Crippen LogP contribution in [0.5, 0.6) is 0 Å². The van der Waals surface area contributed by atoms with Crippen molar-refractivity contribution < 1.29 is 5.11 Å². The van der Waals surface area contributed by atoms with Gasteiger partial charge in [0, 0.05) is 12.4 Å². The molecule has 0 radical (unpaired) electrons. The van der Waals surface area contributed by atoms with Crippen LogP contribution in [0.4, 0.5) is 0 Å². The quantitative estimate of drug-likeness (QED) is 0.488. The van der Waals surface area contributed by atoms with E-state index in [4.69, 9.17) is 0 Å². The second-order valence-corrected chi connectivity index (χ2v) is 4.98. The third kappa shape index (κ3) is 5.58. The summed E-state index contributed by atoms with van der Waals surface area (Å²) in [5, 5.41) is 12.8. The van der Waals surface area contributed by atoms with E-state index in [1.165, 1.54) is 25.7 Å². The zero-order chi connectivity index (χ0) is 13.2. The topological polar surface area (TPSA) is 35.5 Å². The Kier molecular flexibility index (Phi) is 7.58. The fourth-order valence-corrected chi connectivity index (χ4v) is 2.22. The van der Waals surface area contributed by atoms with Gasteiger partial charge in [0.05, 0.1) is 0 Å². The lowest BCUT2D eigenvalue weighted by Gasteiger charge is -2.27. The minimum atomic E-state index is -0.411. The van der Waals surface area contributed by atoms with Crippen molar-refractivity contribution >= 4 is 0 Å². The Morgan fingerprint density at radius 1 is 1.28 bits per heavy atom. The molecular formula is C15H28N2O. The van der Waals surface area contributed by atoms with Crippen LogP contribution in [-0.2, 0) is 0 Å². The van der Waals surface area contributed by atoms with E-state index in [9.17, 15) is 5.11 Å². The maximum absolute atomic E-state index is 9.57. The van der Waals surface area contributed by atoms with E-state index < -0.39 is 6.23 Å². The van der Waals surface area contributed by atoms with Gasteiger partial charge in [0.1, 0.15) is 12.4 Å². The molecule has 1 aliphatic heterocycles. The van der Waals surface area contributed by atoms with E-state index >= 15 is 0 Å². The maximum Gasteiger partial charge on any atom is 0.125 e. The van der Waals surface area contributed by atoms with E-state index in [1.807, 2.05) is 17.3 Å². The number of nitrogens with zero attached hydrogens (tertiary/aromatic N) is 1. The van der Waals surface area contributed by atoms with Gasteiger partial charge in [-0.05, 0) is 39.0 Å². The van der Waals surface area contributed by atoms with Crippen molar-refractivity contribution in [3.8, 4) is 0 Å². The minimum Gasteiger partial charge on any atom is -0.374 e. The molecule has 0 fully saturated rings. The summed E-state index contributed by atoms with van der Waals surface area (Å²) < 4.78 is 0. The predicted octanol–water partition coefficient (Wildman–Crippen LogP) is 3.33. The Balaban J connectivity index is 2.04. The summed E-state index contributed by atoms with van der Waals surface area (Å²) in [5.74, 6) is 0. The van der Waals surface area contributed by atoms with Gasteiger partial charge in [-0.3, -0.25) is 0 Å². The number of unbranched alkanes of at least 4 members (excludes halogenated alkanes) is 4. The third-order valence-corrected chi connectivity index (χ3v) is 3.32. The lowest BCUT2D eigenvalue weighted by atomic mass is 10.1. The van der Waals surface area contributed by atoms with Crippen molar-refractivity contribution in [2.45, 2.75) is 71.2 Å². The molecule has 0 aromatic heterocycles. The molecule has 3 heteroatoms. The first kappa shape index (κ1) is 15.1. The average Bonchev–Trinajstić information content (AvgIpc) is 2.81. The van der Waals surface area contributed by atoms with Crippen LogP contribution in [0.25, 0.3) is 0 Å². The number of hydrogen-bond donors (Lipinski definition) is 2. The van der Waals surface area contributed by atoms with Crippen LogP contribution in [0.2, 0.25) is 0 Å². The van der Waals surface area contributed by atoms with Crippen LogP contribution in [0, 0.1) is 0 Å². The van der Waals surface area contributed by atoms with E-state index in [2.05, 4.69) is 24.4 Å². The largest absolute Gasteiger partial charge is 0.374 e. The number of rotatable bonds is 9. The molecule has 3 nitrogen and oxygen atoms in total. The Bertz CT molecular complexity index is 261. The van der Waals surface area contributed by atoms with Gasteiger partial charge in [0.2, 0.25) is 0 Å². The Hall–Kier alpha value is -0.960. The lowest BCUT2D eigenvalue weighted by molar-refractivity contribution is 0.0257. The summed E-state index contributed by atoms with van der Waals surface area (Å²) in [6, 6.07) is 0. The molecule has 1 heterocycles. The molecule has 2 atom stereocenters. The van der Waals surface area contributed by atoms with Crippen LogP contribution in [-0.4, -0.2) is 22.4 Å². The normalized spacial score (nSPS) is 20.6. The van der Waals surface area contributed by atoms with Gasteiger partial charge in [0.25, 0.3) is 0 Å². The van der Waals surface area contributed by atoms with E-state index in [0.717, 1.165) is 19.3 Å². The molecule has 2 unspecified atom stereocenters. The fourth-order valence-electron chi connectivity index (χ4n) is 2.22. The number of aliphatic hydroxyl groups excluding tert-OH is 1. The third-order valence-electron chi connectivity index (χ3n) is 3.32. The summed E-state index contributed by atoms with van der Waals surface area (Å²) in [6.45, 7) is 4.04. The van der Waals surface area contributed by atoms with Crippen molar-refractivity contribution in [2.24, 2.45) is 0 Å². The highest BCUT2D eigenvalue weighted by Crippen LogP contribution is 2.14. The zero-order valence-corrected chi connectivity index (χ0v) is 11.8. The summed E-state index contributed by atoms with van der Waals surface area (Å²) in [7, 11) is 0. The number of nitrogens with one attached hydrogen (secondary N) is 1. The molecule has 104 valence electrons. The van der Waals surface area contributed by atoms with Gasteiger partial charge in [0.15, 0.2) is 0 Å². The van der Waals surface area contributed by atoms with Gasteiger partial charge >= 0.3 is 0 Å². The van der Waals surface area contributed by atoms with Crippen molar-refractivity contribution in [1.29, 1.82) is 0 Å². The lowest BCUT2D eigenvalue weighted by Crippen LogP contribution is -2.40. The number of allylic oxidation sites excluding steroid dienone is 2. The number of aliphatic hydroxyl groups is 1. The Morgan fingerprint density at radius 3 is 2.67 bits per heavy atom. The molecule has 0 amide bonds. The fraction of sp³-hybridized carbons (Fsp3) is 0.733. The van der Waals surface area contributed by atoms with Crippen molar-refractivity contribution in [2.75, 3.05) is 0 Å². The second-order valence-electron chi connectivity index (χ2n) is 4.98. The van der Waals surface area contributed by atoms with Gasteiger partial charge in [-0.1, -0.05) is 31.9 Å². The summed E-state index contributed by atoms with van der Waals surface area (Å²) in [4.78, 5) is 1.96. The first-order chi connectivity index (χ1) is 8.75. The molecule has 0 saturated heterocycles. The molecule has 0 spiro atoms. The SMILES string of the molecule is CCCCC/C=C/CCCC1NC=CN1C(C)O. The molecule has 0 aromatic carbocycles. The highest BCUT2D eigenvalue weighted by molar-refractivity contribution is 4.94. The highest BCUT2D eigenvalue weighted by atomic mass is 16.3. The van der Waals surface area contributed by atoms with Crippen LogP contribution in [0.3, 0.4) is 0 Å². The Morgan fingerprint density at radius 2 is 2.00 bits per heavy atom. The van der Waals surface area contributed by atoms with E-state index in [1.54, 1.807) is 6.92 Å². The Labute approximate surface area is 112 Å². The second kappa shape index (κ2) is 9.03. The van der Waals surface area contributed by atoms with Gasteiger partial charge in [-0.2, -0.15) is 0 Å². The first-order valence-corrected chi connectivity index (χ1v) is 7.29. The maximum atomic E-state index is 9.57. The molecule has 0 aromatic rings. The molecule has 1 rings (SSSR count). The molecule has 0 aliphatic carbocycles. The monoisotopic (exact) mass is 252 g/mol. The summed E-state index contributed by atoms with van der Waals surface area (Å²) in [5.41, 5.74) is 0. The van der Waals surface area contributed by atoms with E-state index in [0.29, 0.717) is 0 Å². The van der Waals surface area contributed by atoms with Crippen LogP contribution < -0.4 is 5.32 Å². The van der Waals surface area contributed by atoms with Crippen LogP contribution >= 0.6 is 0 Å². The molecule has 2 N–H and O–H groups in total. The van der Waals surface area contributed by atoms with Crippen molar-refractivity contribution in [1.82, 2.24) is 10.2 Å². The van der Waals surface area contributed by atoms with E-state index in [-0.39, 0.29) is 6.17 Å². The van der Waals surface area contributed by atoms with Gasteiger partial charge in [-0.25, -0.2) is 0 Å². The van der Waals surface area contributed by atoms with Crippen LogP contribution in [0.15, 0.2) is 24.6 Å². The van der Waals surface area contributed by atoms with Gasteiger partial charge in [-0.15, -0.1) is 0 Å². The minimum absolute atomic E-state index is 0.262. The molecular weight excluding hydrogens is 224 g/mol. The van der Waals surface area contributed by atoms with Gasteiger partial charge < -0.3 is 15.3 Å². The first-order valence-electron chi connectivity index (χ1n) is 7.29. The summed E-state index contributed by atoms with van der Waals surface area (Å²) >= 11 is 0. The standard InChI is InChI=1S/C15H28N2O/c1-3-4-5-6-7-8-9-10-11-15-16-12-13-17(15)14(2)18/h7-8,12-16,18H,3-6,9-11H2,1-2H3/b8-7+. The van der Waals surface area contributed by atoms with Crippen molar-refractivity contribution in [3.05, 3.63) is 24.6 Å². The molecule has 18 heavy (non-hydrogen) atoms.